The molecule has 9 nitrogen and oxygen atoms in total. The molecule has 1 rings (SSSR count). The zero-order valence-corrected chi connectivity index (χ0v) is 50.4. The lowest BCUT2D eigenvalue weighted by Gasteiger charge is -2.40. The molecule has 0 spiro atoms. The van der Waals surface area contributed by atoms with Crippen LogP contribution in [0.4, 0.5) is 0 Å². The van der Waals surface area contributed by atoms with Crippen LogP contribution in [0, 0.1) is 0 Å². The van der Waals surface area contributed by atoms with Crippen LogP contribution in [0.15, 0.2) is 85.1 Å². The zero-order chi connectivity index (χ0) is 56.5. The molecular formula is C69H123NO8. The van der Waals surface area contributed by atoms with Gasteiger partial charge in [-0.15, -0.1) is 0 Å². The Morgan fingerprint density at radius 2 is 0.808 bits per heavy atom. The number of unbranched alkanes of at least 4 members (excludes halogenated alkanes) is 34. The fraction of sp³-hybridized carbons (Fsp3) is 0.783. The Labute approximate surface area is 480 Å². The number of hydrogen-bond donors (Lipinski definition) is 6. The van der Waals surface area contributed by atoms with Crippen LogP contribution in [0.25, 0.3) is 0 Å². The highest BCUT2D eigenvalue weighted by atomic mass is 16.7. The molecule has 6 N–H and O–H groups in total. The van der Waals surface area contributed by atoms with Gasteiger partial charge < -0.3 is 40.3 Å². The second-order valence-electron chi connectivity index (χ2n) is 22.5. The maximum absolute atomic E-state index is 13.1. The van der Waals surface area contributed by atoms with E-state index in [0.29, 0.717) is 6.42 Å². The van der Waals surface area contributed by atoms with Gasteiger partial charge in [-0.3, -0.25) is 4.79 Å². The lowest BCUT2D eigenvalue weighted by molar-refractivity contribution is -0.302. The predicted molar refractivity (Wildman–Crippen MR) is 332 cm³/mol. The molecule has 1 heterocycles. The summed E-state index contributed by atoms with van der Waals surface area (Å²) < 4.78 is 11.3. The number of aliphatic hydroxyl groups is 5. The maximum atomic E-state index is 13.1. The minimum absolute atomic E-state index is 0.184. The number of amides is 1. The number of carbonyl (C=O) groups excluding carboxylic acids is 1. The molecule has 7 unspecified atom stereocenters. The van der Waals surface area contributed by atoms with Crippen molar-refractivity contribution in [3.05, 3.63) is 85.1 Å². The summed E-state index contributed by atoms with van der Waals surface area (Å²) in [6.45, 7) is 3.65. The Morgan fingerprint density at radius 1 is 0.449 bits per heavy atom. The Kier molecular flexibility index (Phi) is 54.2. The molecule has 0 saturated carbocycles. The topological polar surface area (TPSA) is 149 Å². The van der Waals surface area contributed by atoms with Gasteiger partial charge in [-0.05, 0) is 77.0 Å². The Balaban J connectivity index is 2.04. The summed E-state index contributed by atoms with van der Waals surface area (Å²) >= 11 is 0. The normalized spacial score (nSPS) is 19.2. The molecule has 0 aliphatic carbocycles. The average Bonchev–Trinajstić information content (AvgIpc) is 3.46. The molecule has 1 saturated heterocycles. The Hall–Kier alpha value is -2.63. The fourth-order valence-corrected chi connectivity index (χ4v) is 10.1. The van der Waals surface area contributed by atoms with Crippen molar-refractivity contribution < 1.29 is 39.8 Å². The Bertz CT molecular complexity index is 1500. The smallest absolute Gasteiger partial charge is 0.220 e. The van der Waals surface area contributed by atoms with Crippen LogP contribution in [-0.4, -0.2) is 87.5 Å². The minimum atomic E-state index is -1.57. The molecule has 0 aromatic heterocycles. The first-order chi connectivity index (χ1) is 38.3. The molecule has 452 valence electrons. The van der Waals surface area contributed by atoms with Crippen LogP contribution >= 0.6 is 0 Å². The largest absolute Gasteiger partial charge is 0.394 e. The molecular weight excluding hydrogens is 971 g/mol. The van der Waals surface area contributed by atoms with Gasteiger partial charge in [0.2, 0.25) is 5.91 Å². The summed E-state index contributed by atoms with van der Waals surface area (Å²) in [4.78, 5) is 13.1. The highest BCUT2D eigenvalue weighted by molar-refractivity contribution is 5.76. The highest BCUT2D eigenvalue weighted by Gasteiger charge is 2.44. The monoisotopic (exact) mass is 1090 g/mol. The predicted octanol–water partition coefficient (Wildman–Crippen LogP) is 17.4. The number of nitrogens with one attached hydrogen (secondary N) is 1. The van der Waals surface area contributed by atoms with Gasteiger partial charge in [0.1, 0.15) is 24.4 Å². The lowest BCUT2D eigenvalue weighted by Crippen LogP contribution is -2.60. The van der Waals surface area contributed by atoms with E-state index in [1.807, 2.05) is 6.08 Å². The van der Waals surface area contributed by atoms with Gasteiger partial charge in [0, 0.05) is 6.42 Å². The van der Waals surface area contributed by atoms with E-state index in [9.17, 15) is 30.3 Å². The average molecular weight is 1090 g/mol. The molecule has 0 aromatic carbocycles. The maximum Gasteiger partial charge on any atom is 0.220 e. The molecule has 78 heavy (non-hydrogen) atoms. The van der Waals surface area contributed by atoms with E-state index in [1.165, 1.54) is 199 Å². The molecule has 1 fully saturated rings. The van der Waals surface area contributed by atoms with Crippen LogP contribution in [0.5, 0.6) is 0 Å². The standard InChI is InChI=1S/C69H123NO8/c1-3-5-7-9-11-13-15-17-19-20-21-22-23-24-25-26-27-28-29-30-31-32-33-34-35-36-37-38-39-40-41-42-43-44-45-47-49-51-53-55-57-59-65(73)70-62(61-77-69-68(76)67(75)66(74)64(60-71)78-69)63(72)58-56-54-52-50-48-46-18-16-14-12-10-8-6-4-2/h5,7,11,13,17,19,21-22,24-25,48,50,56,58,62-64,66-69,71-72,74-76H,3-4,6,8-10,12,14-16,18,20,23,26-47,49,51-55,57,59-61H2,1-2H3,(H,70,73)/b7-5-,13-11-,19-17-,22-21-,25-24-,50-48+,58-56+. The summed E-state index contributed by atoms with van der Waals surface area (Å²) in [5.74, 6) is -0.184. The van der Waals surface area contributed by atoms with Crippen LogP contribution in [0.3, 0.4) is 0 Å². The third-order valence-electron chi connectivity index (χ3n) is 15.2. The molecule has 1 aliphatic heterocycles. The minimum Gasteiger partial charge on any atom is -0.394 e. The fourth-order valence-electron chi connectivity index (χ4n) is 10.1. The van der Waals surface area contributed by atoms with Crippen molar-refractivity contribution in [2.75, 3.05) is 13.2 Å². The first-order valence-corrected chi connectivity index (χ1v) is 32.8. The number of rotatable bonds is 56. The van der Waals surface area contributed by atoms with Gasteiger partial charge in [-0.1, -0.05) is 292 Å². The number of carbonyl (C=O) groups is 1. The van der Waals surface area contributed by atoms with E-state index in [2.05, 4.69) is 92.1 Å². The van der Waals surface area contributed by atoms with E-state index in [0.717, 1.165) is 70.6 Å². The quantitative estimate of drug-likeness (QED) is 0.0261. The van der Waals surface area contributed by atoms with Crippen molar-refractivity contribution in [1.29, 1.82) is 0 Å². The van der Waals surface area contributed by atoms with Crippen molar-refractivity contribution in [3.63, 3.8) is 0 Å². The lowest BCUT2D eigenvalue weighted by atomic mass is 9.99. The second-order valence-corrected chi connectivity index (χ2v) is 22.5. The SMILES string of the molecule is CC/C=C\C/C=C\C/C=C\C/C=C\C/C=C\CCCCCCCCCCCCCCCCCCCCCCCCCCCC(=O)NC(COC1OC(CO)C(O)C(O)C1O)C(O)/C=C/CC/C=C/CCCCCCCCCC. The molecule has 1 aliphatic rings. The van der Waals surface area contributed by atoms with Crippen molar-refractivity contribution in [3.8, 4) is 0 Å². The summed E-state index contributed by atoms with van der Waals surface area (Å²) in [7, 11) is 0. The van der Waals surface area contributed by atoms with Crippen molar-refractivity contribution >= 4 is 5.91 Å². The van der Waals surface area contributed by atoms with Gasteiger partial charge in [-0.25, -0.2) is 0 Å². The van der Waals surface area contributed by atoms with Gasteiger partial charge in [0.25, 0.3) is 0 Å². The summed E-state index contributed by atoms with van der Waals surface area (Å²) in [5, 5.41) is 54.5. The first-order valence-electron chi connectivity index (χ1n) is 32.8. The van der Waals surface area contributed by atoms with Gasteiger partial charge in [0.15, 0.2) is 6.29 Å². The number of aliphatic hydroxyl groups excluding tert-OH is 5. The number of ether oxygens (including phenoxy) is 2. The number of allylic oxidation sites excluding steroid dienone is 13. The van der Waals surface area contributed by atoms with Crippen molar-refractivity contribution in [2.45, 2.75) is 333 Å². The van der Waals surface area contributed by atoms with Crippen molar-refractivity contribution in [1.82, 2.24) is 5.32 Å². The van der Waals surface area contributed by atoms with Gasteiger partial charge >= 0.3 is 0 Å². The van der Waals surface area contributed by atoms with E-state index < -0.39 is 49.5 Å². The molecule has 7 atom stereocenters. The van der Waals surface area contributed by atoms with E-state index in [1.54, 1.807) is 6.08 Å². The van der Waals surface area contributed by atoms with Crippen molar-refractivity contribution in [2.24, 2.45) is 0 Å². The van der Waals surface area contributed by atoms with Crippen LogP contribution in [0.2, 0.25) is 0 Å². The molecule has 0 aromatic rings. The third-order valence-corrected chi connectivity index (χ3v) is 15.2. The molecule has 1 amide bonds. The van der Waals surface area contributed by atoms with E-state index in [4.69, 9.17) is 9.47 Å². The summed E-state index contributed by atoms with van der Waals surface area (Å²) in [6, 6.07) is -0.822. The third kappa shape index (κ3) is 46.0. The molecule has 0 radical (unpaired) electrons. The van der Waals surface area contributed by atoms with Gasteiger partial charge in [-0.2, -0.15) is 0 Å². The van der Waals surface area contributed by atoms with Crippen LogP contribution in [-0.2, 0) is 14.3 Å². The van der Waals surface area contributed by atoms with Crippen LogP contribution in [0.1, 0.15) is 290 Å². The first kappa shape index (κ1) is 73.4. The summed E-state index contributed by atoms with van der Waals surface area (Å²) in [5.41, 5.74) is 0. The molecule has 9 heteroatoms. The van der Waals surface area contributed by atoms with Crippen LogP contribution < -0.4 is 5.32 Å². The van der Waals surface area contributed by atoms with Gasteiger partial charge in [0.05, 0.1) is 25.4 Å². The van der Waals surface area contributed by atoms with E-state index in [-0.39, 0.29) is 12.5 Å². The number of hydrogen-bond acceptors (Lipinski definition) is 8. The second kappa shape index (κ2) is 57.6. The summed E-state index contributed by atoms with van der Waals surface area (Å²) in [6.07, 6.45) is 75.6. The Morgan fingerprint density at radius 3 is 1.23 bits per heavy atom. The highest BCUT2D eigenvalue weighted by Crippen LogP contribution is 2.23. The zero-order valence-electron chi connectivity index (χ0n) is 50.4. The van der Waals surface area contributed by atoms with E-state index >= 15 is 0 Å². The molecule has 0 bridgehead atoms.